The number of fused-ring (bicyclic) bond motifs is 1. The Morgan fingerprint density at radius 3 is 2.58 bits per heavy atom. The van der Waals surface area contributed by atoms with Gasteiger partial charge in [-0.15, -0.1) is 11.3 Å². The number of nitrogens with one attached hydrogen (secondary N) is 1. The molecule has 0 bridgehead atoms. The van der Waals surface area contributed by atoms with Crippen LogP contribution in [0.15, 0.2) is 51.7 Å². The lowest BCUT2D eigenvalue weighted by Crippen LogP contribution is -2.54. The second-order valence-electron chi connectivity index (χ2n) is 8.12. The van der Waals surface area contributed by atoms with Gasteiger partial charge in [-0.3, -0.25) is 10.0 Å². The van der Waals surface area contributed by atoms with Crippen LogP contribution in [0.3, 0.4) is 0 Å². The molecule has 0 spiro atoms. The van der Waals surface area contributed by atoms with E-state index in [1.807, 2.05) is 25.1 Å². The predicted molar refractivity (Wildman–Crippen MR) is 138 cm³/mol. The van der Waals surface area contributed by atoms with Crippen LogP contribution in [0, 0.1) is 0 Å². The molecule has 194 valence electrons. The number of amides is 1. The molecule has 3 aromatic rings. The van der Waals surface area contributed by atoms with Crippen LogP contribution in [-0.4, -0.2) is 61.4 Å². The molecule has 0 unspecified atom stereocenters. The number of hydroxylamine groups is 1. The van der Waals surface area contributed by atoms with E-state index in [1.54, 1.807) is 35.2 Å². The van der Waals surface area contributed by atoms with Crippen molar-refractivity contribution >= 4 is 49.1 Å². The summed E-state index contributed by atoms with van der Waals surface area (Å²) >= 11 is 3.30. The van der Waals surface area contributed by atoms with E-state index in [0.717, 1.165) is 32.5 Å². The minimum atomic E-state index is -4.05. The van der Waals surface area contributed by atoms with E-state index in [4.69, 9.17) is 19.4 Å². The summed E-state index contributed by atoms with van der Waals surface area (Å²) in [5.41, 5.74) is 2.47. The molecule has 1 aliphatic heterocycles. The average molecular weight is 553 g/mol. The van der Waals surface area contributed by atoms with Gasteiger partial charge in [-0.05, 0) is 68.7 Å². The second kappa shape index (κ2) is 11.8. The number of thiazole rings is 1. The van der Waals surface area contributed by atoms with Gasteiger partial charge in [0.2, 0.25) is 0 Å². The van der Waals surface area contributed by atoms with Crippen LogP contribution in [-0.2, 0) is 19.4 Å². The van der Waals surface area contributed by atoms with Crippen LogP contribution in [0.25, 0.3) is 10.2 Å². The lowest BCUT2D eigenvalue weighted by molar-refractivity contribution is -0.134. The number of rotatable bonds is 11. The number of benzene rings is 2. The summed E-state index contributed by atoms with van der Waals surface area (Å²) in [5, 5.41) is 9.15. The van der Waals surface area contributed by atoms with E-state index in [9.17, 15) is 13.2 Å². The van der Waals surface area contributed by atoms with Crippen molar-refractivity contribution in [2.45, 2.75) is 40.2 Å². The Bertz CT molecular complexity index is 1290. The van der Waals surface area contributed by atoms with E-state index in [-0.39, 0.29) is 31.0 Å². The third-order valence-electron chi connectivity index (χ3n) is 5.90. The molecular formula is C24H28N2O7S3. The van der Waals surface area contributed by atoms with Gasteiger partial charge < -0.3 is 14.2 Å². The van der Waals surface area contributed by atoms with E-state index < -0.39 is 20.5 Å². The van der Waals surface area contributed by atoms with Crippen molar-refractivity contribution in [2.24, 2.45) is 0 Å². The monoisotopic (exact) mass is 552 g/mol. The summed E-state index contributed by atoms with van der Waals surface area (Å²) in [4.78, 5) is 17.0. The first-order valence-corrected chi connectivity index (χ1v) is 14.8. The molecule has 4 rings (SSSR count). The fourth-order valence-corrected chi connectivity index (χ4v) is 7.99. The normalized spacial score (nSPS) is 15.5. The van der Waals surface area contributed by atoms with Gasteiger partial charge in [0.25, 0.3) is 5.91 Å². The van der Waals surface area contributed by atoms with Crippen LogP contribution in [0.4, 0.5) is 0 Å². The molecule has 1 aliphatic rings. The number of sulfone groups is 1. The number of thioether (sulfide) groups is 1. The Kier molecular flexibility index (Phi) is 8.73. The summed E-state index contributed by atoms with van der Waals surface area (Å²) in [6, 6.07) is 11.9. The molecule has 12 heteroatoms. The van der Waals surface area contributed by atoms with Crippen molar-refractivity contribution in [3.8, 4) is 11.5 Å². The van der Waals surface area contributed by atoms with Gasteiger partial charge in [-0.1, -0.05) is 11.8 Å². The minimum absolute atomic E-state index is 0.000708. The minimum Gasteiger partial charge on any atom is -0.494 e. The smallest absolute Gasteiger partial charge is 0.265 e. The number of hydrogen-bond donors (Lipinski definition) is 2. The molecule has 0 saturated carbocycles. The summed E-state index contributed by atoms with van der Waals surface area (Å²) in [7, 11) is -4.05. The van der Waals surface area contributed by atoms with Gasteiger partial charge in [-0.2, -0.15) is 0 Å². The fraction of sp³-hybridized carbons (Fsp3) is 0.417. The molecular weight excluding hydrogens is 524 g/mol. The van der Waals surface area contributed by atoms with E-state index >= 15 is 0 Å². The Morgan fingerprint density at radius 1 is 1.17 bits per heavy atom. The summed E-state index contributed by atoms with van der Waals surface area (Å²) < 4.78 is 43.4. The molecule has 2 N–H and O–H groups in total. The van der Waals surface area contributed by atoms with Gasteiger partial charge in [0, 0.05) is 19.0 Å². The van der Waals surface area contributed by atoms with Crippen LogP contribution < -0.4 is 15.0 Å². The summed E-state index contributed by atoms with van der Waals surface area (Å²) in [6.07, 6.45) is 0.727. The molecule has 1 saturated heterocycles. The van der Waals surface area contributed by atoms with Gasteiger partial charge in [0.05, 0.1) is 28.3 Å². The van der Waals surface area contributed by atoms with Gasteiger partial charge in [-0.25, -0.2) is 18.9 Å². The molecule has 0 aliphatic carbocycles. The average Bonchev–Trinajstić information content (AvgIpc) is 3.31. The number of ether oxygens (including phenoxy) is 3. The first kappa shape index (κ1) is 26.7. The number of aromatic nitrogens is 1. The quantitative estimate of drug-likeness (QED) is 0.157. The number of hydrogen-bond acceptors (Lipinski definition) is 10. The van der Waals surface area contributed by atoms with Crippen molar-refractivity contribution in [3.05, 3.63) is 42.5 Å². The zero-order valence-corrected chi connectivity index (χ0v) is 22.2. The van der Waals surface area contributed by atoms with Crippen LogP contribution in [0.5, 0.6) is 11.5 Å². The Balaban J connectivity index is 1.30. The summed E-state index contributed by atoms with van der Waals surface area (Å²) in [6.45, 7) is 3.29. The van der Waals surface area contributed by atoms with Crippen molar-refractivity contribution < 1.29 is 32.6 Å². The Labute approximate surface area is 218 Å². The van der Waals surface area contributed by atoms with E-state index in [0.29, 0.717) is 19.0 Å². The molecule has 1 fully saturated rings. The zero-order chi connectivity index (χ0) is 25.6. The number of carbonyl (C=O) groups excluding carboxylic acids is 1. The van der Waals surface area contributed by atoms with Crippen molar-refractivity contribution in [3.63, 3.8) is 0 Å². The van der Waals surface area contributed by atoms with Crippen molar-refractivity contribution in [1.82, 2.24) is 10.5 Å². The fourth-order valence-electron chi connectivity index (χ4n) is 3.97. The maximum Gasteiger partial charge on any atom is 0.265 e. The highest BCUT2D eigenvalue weighted by Crippen LogP contribution is 2.36. The molecule has 2 heterocycles. The zero-order valence-electron chi connectivity index (χ0n) is 19.8. The largest absolute Gasteiger partial charge is 0.494 e. The highest BCUT2D eigenvalue weighted by molar-refractivity contribution is 8.01. The molecule has 9 nitrogen and oxygen atoms in total. The molecule has 0 atom stereocenters. The lowest BCUT2D eigenvalue weighted by Gasteiger charge is -2.34. The maximum absolute atomic E-state index is 13.3. The predicted octanol–water partition coefficient (Wildman–Crippen LogP) is 4.08. The third-order valence-corrected chi connectivity index (χ3v) is 10.7. The molecule has 2 aromatic carbocycles. The van der Waals surface area contributed by atoms with Crippen LogP contribution in [0.2, 0.25) is 0 Å². The highest BCUT2D eigenvalue weighted by Gasteiger charge is 2.52. The van der Waals surface area contributed by atoms with Gasteiger partial charge in [0.15, 0.2) is 18.9 Å². The molecule has 1 amide bonds. The second-order valence-corrected chi connectivity index (χ2v) is 12.7. The number of carbonyl (C=O) groups is 1. The molecule has 0 radical (unpaired) electrons. The SMILES string of the molecule is CCOc1ccc2nc(SCCCOc3ccc(S(=O)(=O)C4(C(=O)NO)CCOCC4)cc3)sc2c1. The van der Waals surface area contributed by atoms with Crippen LogP contribution >= 0.6 is 23.1 Å². The van der Waals surface area contributed by atoms with Crippen molar-refractivity contribution in [2.75, 3.05) is 32.2 Å². The van der Waals surface area contributed by atoms with E-state index in [1.165, 1.54) is 17.6 Å². The topological polar surface area (TPSA) is 124 Å². The third kappa shape index (κ3) is 5.62. The van der Waals surface area contributed by atoms with Gasteiger partial charge in [0.1, 0.15) is 11.5 Å². The first-order valence-electron chi connectivity index (χ1n) is 11.6. The first-order chi connectivity index (χ1) is 17.4. The maximum atomic E-state index is 13.3. The van der Waals surface area contributed by atoms with Gasteiger partial charge >= 0.3 is 0 Å². The standard InChI is InChI=1S/C24H28N2O7S3/c1-2-32-18-6-9-20-21(16-18)35-23(25-20)34-15-3-12-33-17-4-7-19(8-5-17)36(29,30)24(22(27)26-28)10-13-31-14-11-24/h4-9,16,28H,2-3,10-15H2,1H3,(H,26,27). The summed E-state index contributed by atoms with van der Waals surface area (Å²) in [5.74, 6) is 1.27. The Morgan fingerprint density at radius 2 is 1.89 bits per heavy atom. The molecule has 1 aromatic heterocycles. The van der Waals surface area contributed by atoms with Crippen molar-refractivity contribution in [1.29, 1.82) is 0 Å². The van der Waals surface area contributed by atoms with Crippen LogP contribution in [0.1, 0.15) is 26.2 Å². The highest BCUT2D eigenvalue weighted by atomic mass is 32.2. The molecule has 36 heavy (non-hydrogen) atoms. The number of nitrogens with zero attached hydrogens (tertiary/aromatic N) is 1. The lowest BCUT2D eigenvalue weighted by atomic mass is 9.98. The Hall–Kier alpha value is -2.38. The van der Waals surface area contributed by atoms with E-state index in [2.05, 4.69) is 4.98 Å².